The van der Waals surface area contributed by atoms with Gasteiger partial charge in [0.05, 0.1) is 11.3 Å². The summed E-state index contributed by atoms with van der Waals surface area (Å²) in [4.78, 5) is 13.9. The summed E-state index contributed by atoms with van der Waals surface area (Å²) in [5.74, 6) is -0.00203. The average molecular weight is 592 g/mol. The highest BCUT2D eigenvalue weighted by molar-refractivity contribution is 7.90. The van der Waals surface area contributed by atoms with Crippen LogP contribution < -0.4 is 4.72 Å². The number of benzene rings is 1. The molecule has 216 valence electrons. The lowest BCUT2D eigenvalue weighted by molar-refractivity contribution is 0.0295. The summed E-state index contributed by atoms with van der Waals surface area (Å²) in [5.41, 5.74) is 0.651. The molecule has 0 radical (unpaired) electrons. The van der Waals surface area contributed by atoms with Crippen molar-refractivity contribution in [2.24, 2.45) is 5.92 Å². The van der Waals surface area contributed by atoms with Gasteiger partial charge in [-0.25, -0.2) is 17.5 Å². The van der Waals surface area contributed by atoms with E-state index in [1.165, 1.54) is 9.21 Å². The number of phenols is 1. The van der Waals surface area contributed by atoms with Crippen LogP contribution in [0.4, 0.5) is 4.79 Å². The van der Waals surface area contributed by atoms with Crippen molar-refractivity contribution in [2.75, 3.05) is 26.2 Å². The van der Waals surface area contributed by atoms with Gasteiger partial charge in [0.15, 0.2) is 0 Å². The first-order chi connectivity index (χ1) is 17.4. The second kappa shape index (κ2) is 11.7. The van der Waals surface area contributed by atoms with Gasteiger partial charge in [0.2, 0.25) is 10.0 Å². The molecule has 3 atom stereocenters. The fraction of sp³-hybridized carbons (Fsp3) is 0.731. The van der Waals surface area contributed by atoms with Gasteiger partial charge in [0, 0.05) is 48.1 Å². The Morgan fingerprint density at radius 3 is 2.32 bits per heavy atom. The number of halogens is 1. The third kappa shape index (κ3) is 7.48. The SMILES string of the molecule is Cc1cc(O)c(C(N[S@@+]([O-])C(C)(C)C)C2CCN(S(=O)(=O)C3CCN(C(=O)OC(C)(C)C)C3)CC2)cc1Cl. The molecule has 2 heterocycles. The highest BCUT2D eigenvalue weighted by Crippen LogP contribution is 2.39. The zero-order chi connectivity index (χ0) is 28.6. The van der Waals surface area contributed by atoms with Crippen molar-refractivity contribution in [1.29, 1.82) is 0 Å². The fourth-order valence-electron chi connectivity index (χ4n) is 4.77. The minimum atomic E-state index is -3.62. The lowest BCUT2D eigenvalue weighted by Crippen LogP contribution is -2.48. The molecule has 3 rings (SSSR count). The van der Waals surface area contributed by atoms with Crippen molar-refractivity contribution in [3.8, 4) is 5.75 Å². The van der Waals surface area contributed by atoms with E-state index in [-0.39, 0.29) is 18.2 Å². The number of ether oxygens (including phenoxy) is 1. The van der Waals surface area contributed by atoms with Crippen LogP contribution >= 0.6 is 11.6 Å². The highest BCUT2D eigenvalue weighted by Gasteiger charge is 2.43. The molecule has 9 nitrogen and oxygen atoms in total. The third-order valence-corrected chi connectivity index (χ3v) is 11.3. The zero-order valence-corrected chi connectivity index (χ0v) is 25.8. The predicted octanol–water partition coefficient (Wildman–Crippen LogP) is 4.50. The van der Waals surface area contributed by atoms with Crippen LogP contribution in [0.25, 0.3) is 0 Å². The van der Waals surface area contributed by atoms with Crippen molar-refractivity contribution < 1.29 is 27.6 Å². The number of rotatable bonds is 6. The molecule has 0 aliphatic carbocycles. The van der Waals surface area contributed by atoms with Gasteiger partial charge >= 0.3 is 6.09 Å². The molecule has 2 N–H and O–H groups in total. The largest absolute Gasteiger partial charge is 0.598 e. The van der Waals surface area contributed by atoms with Gasteiger partial charge in [-0.1, -0.05) is 11.6 Å². The lowest BCUT2D eigenvalue weighted by atomic mass is 9.86. The second-order valence-corrected chi connectivity index (χ2v) is 16.9. The van der Waals surface area contributed by atoms with Crippen LogP contribution in [0.3, 0.4) is 0 Å². The van der Waals surface area contributed by atoms with E-state index in [0.29, 0.717) is 49.5 Å². The van der Waals surface area contributed by atoms with Crippen molar-refractivity contribution in [2.45, 2.75) is 89.4 Å². The van der Waals surface area contributed by atoms with E-state index in [1.54, 1.807) is 39.8 Å². The average Bonchev–Trinajstić information content (AvgIpc) is 3.30. The summed E-state index contributed by atoms with van der Waals surface area (Å²) in [5, 5.41) is 10.6. The molecular formula is C26H42ClN3O6S2. The van der Waals surface area contributed by atoms with E-state index < -0.39 is 49.1 Å². The van der Waals surface area contributed by atoms with Crippen molar-refractivity contribution >= 4 is 39.1 Å². The van der Waals surface area contributed by atoms with Gasteiger partial charge in [-0.3, -0.25) is 0 Å². The molecule has 2 fully saturated rings. The maximum absolute atomic E-state index is 13.5. The van der Waals surface area contributed by atoms with E-state index in [2.05, 4.69) is 4.72 Å². The maximum Gasteiger partial charge on any atom is 0.410 e. The first-order valence-corrected chi connectivity index (χ1v) is 16.1. The summed E-state index contributed by atoms with van der Waals surface area (Å²) < 4.78 is 49.6. The van der Waals surface area contributed by atoms with Crippen LogP contribution in [0.5, 0.6) is 5.75 Å². The Morgan fingerprint density at radius 1 is 1.16 bits per heavy atom. The summed E-state index contributed by atoms with van der Waals surface area (Å²) in [6.45, 7) is 13.8. The number of carbonyl (C=O) groups is 1. The Kier molecular flexibility index (Phi) is 9.64. The number of amides is 1. The standard InChI is InChI=1S/C26H42ClN3O6S2/c1-17-14-22(31)20(15-21(17)27)23(28-37(33)26(5,6)7)18-8-12-30(13-9-18)38(34,35)19-10-11-29(16-19)24(32)36-25(2,3)4/h14-15,18-19,23,28,31H,8-13,16H2,1-7H3/t19?,23?,37-/m0/s1. The molecule has 1 aromatic rings. The monoisotopic (exact) mass is 591 g/mol. The van der Waals surface area contributed by atoms with Crippen molar-refractivity contribution in [3.05, 3.63) is 28.3 Å². The van der Waals surface area contributed by atoms with E-state index in [1.807, 2.05) is 20.8 Å². The summed E-state index contributed by atoms with van der Waals surface area (Å²) in [6.07, 6.45) is 0.912. The quantitative estimate of drug-likeness (QED) is 0.467. The molecule has 2 aliphatic heterocycles. The number of aryl methyl sites for hydroxylation is 1. The number of hydrogen-bond acceptors (Lipinski definition) is 7. The van der Waals surface area contributed by atoms with E-state index in [4.69, 9.17) is 16.3 Å². The van der Waals surface area contributed by atoms with Gasteiger partial charge < -0.3 is 19.3 Å². The number of likely N-dealkylation sites (tertiary alicyclic amines) is 1. The first kappa shape index (κ1) is 31.3. The Morgan fingerprint density at radius 2 is 1.76 bits per heavy atom. The number of nitrogens with zero attached hydrogens (tertiary/aromatic N) is 2. The Hall–Kier alpha value is -1.24. The van der Waals surface area contributed by atoms with Crippen LogP contribution in [0.15, 0.2) is 12.1 Å². The number of aromatic hydroxyl groups is 1. The topological polar surface area (TPSA) is 122 Å². The smallest absolute Gasteiger partial charge is 0.410 e. The Balaban J connectivity index is 1.73. The predicted molar refractivity (Wildman–Crippen MR) is 151 cm³/mol. The Bertz CT molecular complexity index is 1110. The van der Waals surface area contributed by atoms with Gasteiger partial charge in [-0.05, 0) is 91.3 Å². The molecule has 0 bridgehead atoms. The van der Waals surface area contributed by atoms with Crippen LogP contribution in [-0.4, -0.2) is 75.2 Å². The first-order valence-electron chi connectivity index (χ1n) is 13.0. The number of piperidine rings is 1. The molecule has 2 saturated heterocycles. The zero-order valence-electron chi connectivity index (χ0n) is 23.4. The van der Waals surface area contributed by atoms with Crippen LogP contribution in [0, 0.1) is 12.8 Å². The van der Waals surface area contributed by atoms with Gasteiger partial charge in [-0.15, -0.1) is 4.72 Å². The number of nitrogens with one attached hydrogen (secondary N) is 1. The molecular weight excluding hydrogens is 550 g/mol. The normalized spacial score (nSPS) is 21.9. The summed E-state index contributed by atoms with van der Waals surface area (Å²) in [7, 11) is -3.62. The molecule has 2 aliphatic rings. The van der Waals surface area contributed by atoms with E-state index in [9.17, 15) is 22.9 Å². The maximum atomic E-state index is 13.5. The van der Waals surface area contributed by atoms with E-state index >= 15 is 0 Å². The molecule has 0 spiro atoms. The van der Waals surface area contributed by atoms with Crippen LogP contribution in [0.1, 0.15) is 78.0 Å². The highest BCUT2D eigenvalue weighted by atomic mass is 35.5. The molecule has 12 heteroatoms. The molecule has 2 unspecified atom stereocenters. The Labute approximate surface area is 235 Å². The molecule has 1 amide bonds. The number of carbonyl (C=O) groups excluding carboxylic acids is 1. The van der Waals surface area contributed by atoms with Gasteiger partial charge in [-0.2, -0.15) is 0 Å². The lowest BCUT2D eigenvalue weighted by Gasteiger charge is -2.38. The van der Waals surface area contributed by atoms with Crippen molar-refractivity contribution in [1.82, 2.24) is 13.9 Å². The fourth-order valence-corrected chi connectivity index (χ4v) is 7.76. The minimum absolute atomic E-state index is 0.0681. The van der Waals surface area contributed by atoms with Gasteiger partial charge in [0.25, 0.3) is 0 Å². The molecule has 38 heavy (non-hydrogen) atoms. The van der Waals surface area contributed by atoms with Crippen LogP contribution in [-0.2, 0) is 26.1 Å². The van der Waals surface area contributed by atoms with Crippen LogP contribution in [0.2, 0.25) is 5.02 Å². The number of sulfonamides is 1. The van der Waals surface area contributed by atoms with Gasteiger partial charge in [0.1, 0.15) is 16.1 Å². The minimum Gasteiger partial charge on any atom is -0.598 e. The number of phenolic OH excluding ortho intramolecular Hbond substituents is 1. The third-order valence-electron chi connectivity index (χ3n) is 6.98. The number of hydrogen-bond donors (Lipinski definition) is 2. The van der Waals surface area contributed by atoms with Crippen molar-refractivity contribution in [3.63, 3.8) is 0 Å². The summed E-state index contributed by atoms with van der Waals surface area (Å²) in [6, 6.07) is 2.84. The summed E-state index contributed by atoms with van der Waals surface area (Å²) >= 11 is 4.96. The molecule has 1 aromatic carbocycles. The molecule has 0 saturated carbocycles. The molecule has 0 aromatic heterocycles. The second-order valence-electron chi connectivity index (χ2n) is 12.3. The van der Waals surface area contributed by atoms with E-state index in [0.717, 1.165) is 5.56 Å².